The summed E-state index contributed by atoms with van der Waals surface area (Å²) in [4.78, 5) is 8.26. The summed E-state index contributed by atoms with van der Waals surface area (Å²) in [5.41, 5.74) is 6.99. The van der Waals surface area contributed by atoms with Crippen LogP contribution in [0.4, 0.5) is 10.3 Å². The van der Waals surface area contributed by atoms with Crippen molar-refractivity contribution in [1.29, 1.82) is 0 Å². The molecule has 2 aromatic heterocycles. The maximum Gasteiger partial charge on any atom is 0.223 e. The molecule has 0 unspecified atom stereocenters. The fraction of sp³-hybridized carbons (Fsp3) is 0.250. The van der Waals surface area contributed by atoms with E-state index < -0.39 is 5.82 Å². The Morgan fingerprint density at radius 1 is 1.40 bits per heavy atom. The average Bonchev–Trinajstić information content (AvgIpc) is 2.92. The summed E-state index contributed by atoms with van der Waals surface area (Å²) in [6.07, 6.45) is 0.511. The van der Waals surface area contributed by atoms with E-state index in [2.05, 4.69) is 15.1 Å². The van der Waals surface area contributed by atoms with Crippen LogP contribution in [0.1, 0.15) is 11.7 Å². The van der Waals surface area contributed by atoms with Gasteiger partial charge in [0.25, 0.3) is 0 Å². The fourth-order valence-corrected chi connectivity index (χ4v) is 2.19. The molecule has 3 rings (SSSR count). The topological polar surface area (TPSA) is 82.8 Å². The summed E-state index contributed by atoms with van der Waals surface area (Å²) in [7, 11) is 0. The summed E-state index contributed by atoms with van der Waals surface area (Å²) in [5, 5.41) is 3.82. The Morgan fingerprint density at radius 3 is 2.90 bits per heavy atom. The molecule has 0 fully saturated rings. The predicted molar refractivity (Wildman–Crippen MR) is 71.9 cm³/mol. The molecule has 20 heavy (non-hydrogen) atoms. The first-order valence-corrected chi connectivity index (χ1v) is 6.32. The third-order valence-corrected chi connectivity index (χ3v) is 3.24. The van der Waals surface area contributed by atoms with Crippen LogP contribution in [0.15, 0.2) is 16.7 Å². The van der Waals surface area contributed by atoms with Crippen molar-refractivity contribution in [2.75, 3.05) is 5.73 Å². The highest BCUT2D eigenvalue weighted by Crippen LogP contribution is 2.24. The number of halogens is 2. The zero-order valence-electron chi connectivity index (χ0n) is 10.6. The number of rotatable bonds is 3. The monoisotopic (exact) mass is 295 g/mol. The molecule has 0 bridgehead atoms. The van der Waals surface area contributed by atoms with Gasteiger partial charge in [-0.05, 0) is 6.07 Å². The van der Waals surface area contributed by atoms with E-state index in [-0.39, 0.29) is 5.02 Å². The van der Waals surface area contributed by atoms with Gasteiger partial charge < -0.3 is 14.8 Å². The van der Waals surface area contributed by atoms with Crippen LogP contribution in [0.25, 0.3) is 11.0 Å². The van der Waals surface area contributed by atoms with Crippen LogP contribution < -0.4 is 5.73 Å². The minimum atomic E-state index is -0.504. The molecule has 0 aliphatic carbocycles. The van der Waals surface area contributed by atoms with Crippen molar-refractivity contribution in [2.24, 2.45) is 0 Å². The Balaban J connectivity index is 1.94. The number of fused-ring (bicyclic) bond motifs is 1. The van der Waals surface area contributed by atoms with E-state index in [1.807, 2.05) is 0 Å². The van der Waals surface area contributed by atoms with Crippen molar-refractivity contribution in [3.05, 3.63) is 34.7 Å². The molecule has 2 heterocycles. The summed E-state index contributed by atoms with van der Waals surface area (Å²) < 4.78 is 20.1. The Hall–Kier alpha value is -2.15. The van der Waals surface area contributed by atoms with Gasteiger partial charge in [0.1, 0.15) is 5.82 Å². The van der Waals surface area contributed by atoms with E-state index in [4.69, 9.17) is 21.9 Å². The number of hydrogen-bond donors (Lipinski definition) is 1. The highest BCUT2D eigenvalue weighted by Gasteiger charge is 2.12. The molecule has 8 heteroatoms. The standard InChI is InChI=1S/C12H11ClFN5O/c1-6-16-11(18-20-6)2-3-19-10-5-8(14)7(13)4-9(10)17-12(19)15/h4-5H,2-3H2,1H3,(H2,15,17). The lowest BCUT2D eigenvalue weighted by Gasteiger charge is -2.04. The van der Waals surface area contributed by atoms with Crippen LogP contribution in [-0.2, 0) is 13.0 Å². The lowest BCUT2D eigenvalue weighted by atomic mass is 10.3. The lowest BCUT2D eigenvalue weighted by molar-refractivity contribution is 0.386. The second-order valence-electron chi connectivity index (χ2n) is 4.36. The van der Waals surface area contributed by atoms with Gasteiger partial charge in [0.15, 0.2) is 5.82 Å². The summed E-state index contributed by atoms with van der Waals surface area (Å²) in [6.45, 7) is 2.19. The van der Waals surface area contributed by atoms with Crippen molar-refractivity contribution in [1.82, 2.24) is 19.7 Å². The normalized spacial score (nSPS) is 11.3. The highest BCUT2D eigenvalue weighted by atomic mass is 35.5. The molecule has 0 saturated heterocycles. The van der Waals surface area contributed by atoms with Gasteiger partial charge in [-0.1, -0.05) is 16.8 Å². The summed E-state index contributed by atoms with van der Waals surface area (Å²) >= 11 is 5.73. The van der Waals surface area contributed by atoms with Gasteiger partial charge in [0.05, 0.1) is 16.1 Å². The van der Waals surface area contributed by atoms with Crippen molar-refractivity contribution in [3.8, 4) is 0 Å². The molecule has 0 aliphatic rings. The molecule has 0 spiro atoms. The zero-order valence-corrected chi connectivity index (χ0v) is 11.4. The number of nitrogens with zero attached hydrogens (tertiary/aromatic N) is 4. The minimum Gasteiger partial charge on any atom is -0.369 e. The number of nitrogen functional groups attached to an aromatic ring is 1. The van der Waals surface area contributed by atoms with Gasteiger partial charge in [0.2, 0.25) is 11.8 Å². The van der Waals surface area contributed by atoms with E-state index in [9.17, 15) is 4.39 Å². The smallest absolute Gasteiger partial charge is 0.223 e. The molecule has 2 N–H and O–H groups in total. The summed E-state index contributed by atoms with van der Waals surface area (Å²) in [5.74, 6) is 0.858. The second kappa shape index (κ2) is 4.75. The fourth-order valence-electron chi connectivity index (χ4n) is 2.03. The molecule has 0 saturated carbocycles. The van der Waals surface area contributed by atoms with Crippen molar-refractivity contribution in [2.45, 2.75) is 19.9 Å². The minimum absolute atomic E-state index is 0.0240. The Labute approximate surface area is 118 Å². The number of aryl methyl sites for hydroxylation is 3. The van der Waals surface area contributed by atoms with Crippen LogP contribution >= 0.6 is 11.6 Å². The van der Waals surface area contributed by atoms with E-state index in [1.165, 1.54) is 12.1 Å². The first-order valence-electron chi connectivity index (χ1n) is 5.94. The maximum absolute atomic E-state index is 13.6. The van der Waals surface area contributed by atoms with Gasteiger partial charge in [-0.15, -0.1) is 0 Å². The first-order chi connectivity index (χ1) is 9.54. The SMILES string of the molecule is Cc1nc(CCn2c(N)nc3cc(Cl)c(F)cc32)no1. The van der Waals surface area contributed by atoms with E-state index in [0.717, 1.165) is 0 Å². The number of nitrogens with two attached hydrogens (primary N) is 1. The molecular weight excluding hydrogens is 285 g/mol. The number of benzene rings is 1. The van der Waals surface area contributed by atoms with Crippen LogP contribution in [0.2, 0.25) is 5.02 Å². The Morgan fingerprint density at radius 2 is 2.20 bits per heavy atom. The molecule has 0 atom stereocenters. The largest absolute Gasteiger partial charge is 0.369 e. The highest BCUT2D eigenvalue weighted by molar-refractivity contribution is 6.31. The molecule has 1 aromatic carbocycles. The molecule has 0 aliphatic heterocycles. The van der Waals surface area contributed by atoms with E-state index >= 15 is 0 Å². The van der Waals surface area contributed by atoms with Crippen molar-refractivity contribution in [3.63, 3.8) is 0 Å². The van der Waals surface area contributed by atoms with Crippen LogP contribution in [0.5, 0.6) is 0 Å². The molecular formula is C12H11ClFN5O. The van der Waals surface area contributed by atoms with Gasteiger partial charge >= 0.3 is 0 Å². The molecule has 0 radical (unpaired) electrons. The van der Waals surface area contributed by atoms with Crippen molar-refractivity contribution >= 4 is 28.6 Å². The first kappa shape index (κ1) is 12.9. The maximum atomic E-state index is 13.6. The third-order valence-electron chi connectivity index (χ3n) is 2.95. The summed E-state index contributed by atoms with van der Waals surface area (Å²) in [6, 6.07) is 2.78. The van der Waals surface area contributed by atoms with Gasteiger partial charge in [-0.2, -0.15) is 4.98 Å². The zero-order chi connectivity index (χ0) is 14.3. The molecule has 3 aromatic rings. The second-order valence-corrected chi connectivity index (χ2v) is 4.76. The predicted octanol–water partition coefficient (Wildman–Crippen LogP) is 2.35. The number of aromatic nitrogens is 4. The van der Waals surface area contributed by atoms with Crippen LogP contribution in [0.3, 0.4) is 0 Å². The average molecular weight is 296 g/mol. The molecule has 104 valence electrons. The molecule has 0 amide bonds. The lowest BCUT2D eigenvalue weighted by Crippen LogP contribution is -2.06. The number of anilines is 1. The van der Waals surface area contributed by atoms with Gasteiger partial charge in [-0.25, -0.2) is 9.37 Å². The Bertz CT molecular complexity index is 782. The van der Waals surface area contributed by atoms with E-state index in [1.54, 1.807) is 11.5 Å². The number of hydrogen-bond acceptors (Lipinski definition) is 5. The third kappa shape index (κ3) is 2.20. The Kier molecular flexibility index (Phi) is 3.06. The van der Waals surface area contributed by atoms with Gasteiger partial charge in [-0.3, -0.25) is 0 Å². The van der Waals surface area contributed by atoms with E-state index in [0.29, 0.717) is 41.7 Å². The van der Waals surface area contributed by atoms with Crippen molar-refractivity contribution < 1.29 is 8.91 Å². The van der Waals surface area contributed by atoms with Crippen LogP contribution in [-0.4, -0.2) is 19.7 Å². The number of imidazole rings is 1. The quantitative estimate of drug-likeness (QED) is 0.802. The van der Waals surface area contributed by atoms with Gasteiger partial charge in [0, 0.05) is 26.0 Å². The molecule has 6 nitrogen and oxygen atoms in total. The van der Waals surface area contributed by atoms with Crippen LogP contribution in [0, 0.1) is 12.7 Å².